The zero-order valence-corrected chi connectivity index (χ0v) is 20.3. The van der Waals surface area contributed by atoms with Crippen molar-refractivity contribution < 1.29 is 9.53 Å². The molecule has 0 radical (unpaired) electrons. The van der Waals surface area contributed by atoms with E-state index in [4.69, 9.17) is 14.7 Å². The van der Waals surface area contributed by atoms with Crippen LogP contribution in [0.1, 0.15) is 56.6 Å². The van der Waals surface area contributed by atoms with E-state index in [2.05, 4.69) is 29.2 Å². The van der Waals surface area contributed by atoms with Crippen molar-refractivity contribution in [2.24, 2.45) is 0 Å². The highest BCUT2D eigenvalue weighted by Gasteiger charge is 2.24. The van der Waals surface area contributed by atoms with Gasteiger partial charge in [-0.1, -0.05) is 12.1 Å². The molecule has 0 atom stereocenters. The Morgan fingerprint density at radius 1 is 1.12 bits per heavy atom. The number of anilines is 1. The fourth-order valence-corrected chi connectivity index (χ4v) is 3.90. The molecule has 1 amide bonds. The van der Waals surface area contributed by atoms with Gasteiger partial charge < -0.3 is 14.5 Å². The summed E-state index contributed by atoms with van der Waals surface area (Å²) in [5, 5.41) is 0. The maximum absolute atomic E-state index is 11.7. The van der Waals surface area contributed by atoms with E-state index < -0.39 is 0 Å². The Labute approximate surface area is 192 Å². The third-order valence-electron chi connectivity index (χ3n) is 5.83. The number of nitrogens with zero attached hydrogens (tertiary/aromatic N) is 5. The highest BCUT2D eigenvalue weighted by atomic mass is 16.5. The summed E-state index contributed by atoms with van der Waals surface area (Å²) in [5.74, 6) is 3.10. The molecule has 2 heterocycles. The predicted molar refractivity (Wildman–Crippen MR) is 128 cm³/mol. The van der Waals surface area contributed by atoms with Crippen molar-refractivity contribution in [1.82, 2.24) is 19.8 Å². The number of amides is 1. The summed E-state index contributed by atoms with van der Waals surface area (Å²) in [4.78, 5) is 27.5. The smallest absolute Gasteiger partial charge is 0.219 e. The molecule has 1 aliphatic rings. The predicted octanol–water partition coefficient (Wildman–Crippen LogP) is 3.69. The van der Waals surface area contributed by atoms with Crippen molar-refractivity contribution in [1.29, 1.82) is 0 Å². The topological polar surface area (TPSA) is 61.8 Å². The minimum Gasteiger partial charge on any atom is -0.491 e. The minimum atomic E-state index is 0.0358. The van der Waals surface area contributed by atoms with E-state index in [9.17, 15) is 4.79 Å². The van der Waals surface area contributed by atoms with E-state index in [1.165, 1.54) is 5.56 Å². The van der Waals surface area contributed by atoms with Gasteiger partial charge in [0, 0.05) is 46.6 Å². The summed E-state index contributed by atoms with van der Waals surface area (Å²) >= 11 is 0. The van der Waals surface area contributed by atoms with Gasteiger partial charge in [0.25, 0.3) is 0 Å². The molecule has 0 aliphatic carbocycles. The van der Waals surface area contributed by atoms with Gasteiger partial charge in [0.15, 0.2) is 0 Å². The number of benzene rings is 1. The molecule has 32 heavy (non-hydrogen) atoms. The Kier molecular flexibility index (Phi) is 8.07. The largest absolute Gasteiger partial charge is 0.491 e. The maximum atomic E-state index is 11.7. The molecule has 1 aromatic carbocycles. The van der Waals surface area contributed by atoms with Crippen molar-refractivity contribution in [2.45, 2.75) is 58.7 Å². The van der Waals surface area contributed by atoms with Crippen LogP contribution in [-0.2, 0) is 17.9 Å². The van der Waals surface area contributed by atoms with Gasteiger partial charge in [-0.2, -0.15) is 0 Å². The molecule has 0 N–H and O–H groups in total. The van der Waals surface area contributed by atoms with Crippen LogP contribution in [0.3, 0.4) is 0 Å². The molecule has 174 valence electrons. The van der Waals surface area contributed by atoms with Crippen LogP contribution in [0.4, 0.5) is 5.82 Å². The SMILES string of the molecule is CC(=O)N(C)Cc1cc(N(C)C)nc(C2CCN(Cc3ccc(OC(C)C)cc3)CC2)n1. The lowest BCUT2D eigenvalue weighted by atomic mass is 9.95. The molecule has 3 rings (SSSR count). The number of hydrogen-bond acceptors (Lipinski definition) is 6. The molecular weight excluding hydrogens is 402 g/mol. The first-order valence-corrected chi connectivity index (χ1v) is 11.5. The van der Waals surface area contributed by atoms with Gasteiger partial charge in [0.05, 0.1) is 18.3 Å². The van der Waals surface area contributed by atoms with E-state index in [-0.39, 0.29) is 12.0 Å². The van der Waals surface area contributed by atoms with E-state index in [0.717, 1.165) is 55.6 Å². The number of rotatable bonds is 8. The second kappa shape index (κ2) is 10.8. The zero-order valence-electron chi connectivity index (χ0n) is 20.3. The Morgan fingerprint density at radius 2 is 1.78 bits per heavy atom. The lowest BCUT2D eigenvalue weighted by Crippen LogP contribution is -2.33. The number of ether oxygens (including phenoxy) is 1. The van der Waals surface area contributed by atoms with E-state index in [1.54, 1.807) is 18.9 Å². The van der Waals surface area contributed by atoms with Crippen molar-refractivity contribution in [3.63, 3.8) is 0 Å². The van der Waals surface area contributed by atoms with Crippen LogP contribution in [0.2, 0.25) is 0 Å². The van der Waals surface area contributed by atoms with E-state index in [0.29, 0.717) is 12.5 Å². The molecule has 1 aliphatic heterocycles. The lowest BCUT2D eigenvalue weighted by Gasteiger charge is -2.31. The summed E-state index contributed by atoms with van der Waals surface area (Å²) in [6.07, 6.45) is 2.26. The summed E-state index contributed by atoms with van der Waals surface area (Å²) in [5.41, 5.74) is 2.20. The lowest BCUT2D eigenvalue weighted by molar-refractivity contribution is -0.128. The highest BCUT2D eigenvalue weighted by Crippen LogP contribution is 2.28. The van der Waals surface area contributed by atoms with Crippen molar-refractivity contribution in [3.05, 3.63) is 47.4 Å². The minimum absolute atomic E-state index is 0.0358. The van der Waals surface area contributed by atoms with Crippen LogP contribution in [0.5, 0.6) is 5.75 Å². The van der Waals surface area contributed by atoms with Crippen LogP contribution in [0, 0.1) is 0 Å². The third kappa shape index (κ3) is 6.66. The first kappa shape index (κ1) is 24.0. The monoisotopic (exact) mass is 439 g/mol. The maximum Gasteiger partial charge on any atom is 0.219 e. The molecule has 7 heteroatoms. The van der Waals surface area contributed by atoms with Gasteiger partial charge in [0.1, 0.15) is 17.4 Å². The molecule has 0 bridgehead atoms. The van der Waals surface area contributed by atoms with Gasteiger partial charge in [-0.3, -0.25) is 9.69 Å². The molecule has 7 nitrogen and oxygen atoms in total. The van der Waals surface area contributed by atoms with Gasteiger partial charge in [-0.05, 0) is 57.5 Å². The van der Waals surface area contributed by atoms with Crippen LogP contribution in [0.25, 0.3) is 0 Å². The molecule has 1 aromatic heterocycles. The Morgan fingerprint density at radius 3 is 2.34 bits per heavy atom. The fraction of sp³-hybridized carbons (Fsp3) is 0.560. The fourth-order valence-electron chi connectivity index (χ4n) is 3.90. The number of piperidine rings is 1. The highest BCUT2D eigenvalue weighted by molar-refractivity contribution is 5.72. The van der Waals surface area contributed by atoms with Crippen LogP contribution >= 0.6 is 0 Å². The second-order valence-corrected chi connectivity index (χ2v) is 9.21. The van der Waals surface area contributed by atoms with Crippen LogP contribution in [0.15, 0.2) is 30.3 Å². The normalized spacial score (nSPS) is 15.1. The summed E-state index contributed by atoms with van der Waals surface area (Å²) in [7, 11) is 5.79. The van der Waals surface area contributed by atoms with Crippen molar-refractivity contribution in [2.75, 3.05) is 39.1 Å². The third-order valence-corrected chi connectivity index (χ3v) is 5.83. The summed E-state index contributed by atoms with van der Waals surface area (Å²) in [6, 6.07) is 10.4. The molecular formula is C25H37N5O2. The van der Waals surface area contributed by atoms with Gasteiger partial charge in [-0.25, -0.2) is 9.97 Å². The van der Waals surface area contributed by atoms with Gasteiger partial charge >= 0.3 is 0 Å². The second-order valence-electron chi connectivity index (χ2n) is 9.21. The standard InChI is InChI=1S/C25H37N5O2/c1-18(2)32-23-9-7-20(8-10-23)16-30-13-11-21(12-14-30)25-26-22(17-29(6)19(3)31)15-24(27-25)28(4)5/h7-10,15,18,21H,11-14,16-17H2,1-6H3. The van der Waals surface area contributed by atoms with Crippen molar-refractivity contribution in [3.8, 4) is 5.75 Å². The van der Waals surface area contributed by atoms with Gasteiger partial charge in [0.2, 0.25) is 5.91 Å². The average Bonchev–Trinajstić information content (AvgIpc) is 2.75. The molecule has 1 fully saturated rings. The summed E-state index contributed by atoms with van der Waals surface area (Å²) in [6.45, 7) is 9.15. The van der Waals surface area contributed by atoms with Gasteiger partial charge in [-0.15, -0.1) is 0 Å². The van der Waals surface area contributed by atoms with Crippen molar-refractivity contribution >= 4 is 11.7 Å². The van der Waals surface area contributed by atoms with Crippen LogP contribution in [-0.4, -0.2) is 66.0 Å². The van der Waals surface area contributed by atoms with E-state index >= 15 is 0 Å². The molecule has 0 saturated carbocycles. The Bertz CT molecular complexity index is 890. The number of carbonyl (C=O) groups is 1. The molecule has 0 unspecified atom stereocenters. The number of hydrogen-bond donors (Lipinski definition) is 0. The zero-order chi connectivity index (χ0) is 23.3. The Balaban J connectivity index is 1.62. The first-order chi connectivity index (χ1) is 15.2. The molecule has 1 saturated heterocycles. The molecule has 0 spiro atoms. The Hall–Kier alpha value is -2.67. The number of carbonyl (C=O) groups excluding carboxylic acids is 1. The summed E-state index contributed by atoms with van der Waals surface area (Å²) < 4.78 is 5.74. The quantitative estimate of drug-likeness (QED) is 0.625. The van der Waals surface area contributed by atoms with Crippen LogP contribution < -0.4 is 9.64 Å². The molecule has 2 aromatic rings. The average molecular weight is 440 g/mol. The number of likely N-dealkylation sites (tertiary alicyclic amines) is 1. The van der Waals surface area contributed by atoms with E-state index in [1.807, 2.05) is 38.9 Å². The first-order valence-electron chi connectivity index (χ1n) is 11.5. The number of aromatic nitrogens is 2.